The third kappa shape index (κ3) is 47.8. The van der Waals surface area contributed by atoms with E-state index in [1.165, 1.54) is 89.9 Å². The first-order valence-corrected chi connectivity index (χ1v) is 25.1. The molecule has 0 bridgehead atoms. The number of unbranched alkanes of at least 4 members (excludes halogenated alkanes) is 20. The van der Waals surface area contributed by atoms with Crippen LogP contribution in [0.2, 0.25) is 0 Å². The average molecular weight is 835 g/mol. The maximum absolute atomic E-state index is 12.8. The Morgan fingerprint density at radius 2 is 0.750 bits per heavy atom. The fourth-order valence-corrected chi connectivity index (χ4v) is 6.75. The molecule has 0 N–H and O–H groups in total. The van der Waals surface area contributed by atoms with Gasteiger partial charge in [0.05, 0.1) is 6.61 Å². The molecule has 1 atom stereocenters. The molecule has 0 aliphatic heterocycles. The molecule has 1 unspecified atom stereocenters. The van der Waals surface area contributed by atoms with E-state index in [9.17, 15) is 9.59 Å². The minimum atomic E-state index is -0.563. The van der Waals surface area contributed by atoms with Crippen molar-refractivity contribution in [1.29, 1.82) is 0 Å². The predicted molar refractivity (Wildman–Crippen MR) is 260 cm³/mol. The highest BCUT2D eigenvalue weighted by molar-refractivity contribution is 5.70. The van der Waals surface area contributed by atoms with Crippen molar-refractivity contribution >= 4 is 11.9 Å². The van der Waals surface area contributed by atoms with Gasteiger partial charge in [0, 0.05) is 19.4 Å². The van der Waals surface area contributed by atoms with Crippen LogP contribution in [0.25, 0.3) is 0 Å². The first-order chi connectivity index (χ1) is 29.6. The van der Waals surface area contributed by atoms with Crippen molar-refractivity contribution in [3.05, 3.63) is 85.1 Å². The standard InChI is InChI=1S/C55H94O5/c1-4-7-10-13-16-19-22-25-27-28-30-31-33-36-39-42-45-48-54(56)59-52-53(51-58-50-47-44-41-38-35-24-21-18-15-12-9-6-3)60-55(57)49-46-43-40-37-34-32-29-26-23-20-17-14-11-8-5-2/h7-8,10-11,16-17,19-20,25-27,29,34,37,53H,4-6,9,12-15,18,21-24,28,30-33,35-36,38-52H2,1-3H3/b10-7-,11-8-,19-16-,20-17-,27-25-,29-26-,37-34-. The molecule has 60 heavy (non-hydrogen) atoms. The molecule has 0 heterocycles. The minimum Gasteiger partial charge on any atom is -0.462 e. The van der Waals surface area contributed by atoms with Gasteiger partial charge in [0.1, 0.15) is 6.61 Å². The number of allylic oxidation sites excluding steroid dienone is 14. The zero-order valence-electron chi connectivity index (χ0n) is 39.5. The third-order valence-electron chi connectivity index (χ3n) is 10.4. The number of ether oxygens (including phenoxy) is 3. The van der Waals surface area contributed by atoms with Crippen LogP contribution in [0.5, 0.6) is 0 Å². The Labute approximate surface area is 371 Å². The Morgan fingerprint density at radius 1 is 0.383 bits per heavy atom. The van der Waals surface area contributed by atoms with Crippen LogP contribution in [-0.2, 0) is 23.8 Å². The van der Waals surface area contributed by atoms with E-state index in [0.29, 0.717) is 19.4 Å². The number of hydrogen-bond acceptors (Lipinski definition) is 5. The Hall–Kier alpha value is -2.92. The lowest BCUT2D eigenvalue weighted by molar-refractivity contribution is -0.163. The van der Waals surface area contributed by atoms with Gasteiger partial charge in [-0.1, -0.05) is 209 Å². The number of carbonyl (C=O) groups excluding carboxylic acids is 2. The number of rotatable bonds is 45. The summed E-state index contributed by atoms with van der Waals surface area (Å²) >= 11 is 0. The van der Waals surface area contributed by atoms with Crippen molar-refractivity contribution in [2.24, 2.45) is 0 Å². The van der Waals surface area contributed by atoms with Crippen molar-refractivity contribution < 1.29 is 23.8 Å². The topological polar surface area (TPSA) is 61.8 Å². The van der Waals surface area contributed by atoms with E-state index in [1.807, 2.05) is 0 Å². The Bertz CT molecular complexity index is 1130. The second-order valence-corrected chi connectivity index (χ2v) is 16.3. The van der Waals surface area contributed by atoms with Crippen molar-refractivity contribution in [1.82, 2.24) is 0 Å². The van der Waals surface area contributed by atoms with Gasteiger partial charge in [-0.3, -0.25) is 9.59 Å². The van der Waals surface area contributed by atoms with Crippen molar-refractivity contribution in [2.75, 3.05) is 19.8 Å². The molecule has 0 fully saturated rings. The normalized spacial score (nSPS) is 12.9. The van der Waals surface area contributed by atoms with Crippen LogP contribution >= 0.6 is 0 Å². The van der Waals surface area contributed by atoms with Crippen LogP contribution in [-0.4, -0.2) is 37.9 Å². The number of esters is 2. The molecule has 0 saturated heterocycles. The highest BCUT2D eigenvalue weighted by Crippen LogP contribution is 2.14. The fraction of sp³-hybridized carbons (Fsp3) is 0.709. The first kappa shape index (κ1) is 57.1. The van der Waals surface area contributed by atoms with E-state index in [1.54, 1.807) is 0 Å². The maximum Gasteiger partial charge on any atom is 0.306 e. The summed E-state index contributed by atoms with van der Waals surface area (Å²) in [6, 6.07) is 0. The van der Waals surface area contributed by atoms with E-state index in [0.717, 1.165) is 103 Å². The molecule has 5 heteroatoms. The van der Waals surface area contributed by atoms with Gasteiger partial charge in [0.25, 0.3) is 0 Å². The summed E-state index contributed by atoms with van der Waals surface area (Å²) in [5, 5.41) is 0. The van der Waals surface area contributed by atoms with Crippen LogP contribution in [0.15, 0.2) is 85.1 Å². The summed E-state index contributed by atoms with van der Waals surface area (Å²) in [5.74, 6) is -0.455. The molecule has 0 aromatic carbocycles. The van der Waals surface area contributed by atoms with Gasteiger partial charge < -0.3 is 14.2 Å². The maximum atomic E-state index is 12.8. The average Bonchev–Trinajstić information content (AvgIpc) is 3.25. The van der Waals surface area contributed by atoms with Gasteiger partial charge in [0.2, 0.25) is 0 Å². The quantitative estimate of drug-likeness (QED) is 0.0347. The lowest BCUT2D eigenvalue weighted by Gasteiger charge is -2.18. The Balaban J connectivity index is 4.34. The molecular weight excluding hydrogens is 741 g/mol. The Kier molecular flexibility index (Phi) is 48.0. The minimum absolute atomic E-state index is 0.0615. The van der Waals surface area contributed by atoms with Gasteiger partial charge in [-0.25, -0.2) is 0 Å². The van der Waals surface area contributed by atoms with Crippen LogP contribution in [0.1, 0.15) is 226 Å². The summed E-state index contributed by atoms with van der Waals surface area (Å²) in [6.07, 6.45) is 65.9. The third-order valence-corrected chi connectivity index (χ3v) is 10.4. The second kappa shape index (κ2) is 50.4. The molecule has 0 aromatic heterocycles. The highest BCUT2D eigenvalue weighted by atomic mass is 16.6. The van der Waals surface area contributed by atoms with E-state index in [-0.39, 0.29) is 25.2 Å². The molecule has 0 saturated carbocycles. The van der Waals surface area contributed by atoms with Gasteiger partial charge in [-0.2, -0.15) is 0 Å². The van der Waals surface area contributed by atoms with Crippen LogP contribution in [0.4, 0.5) is 0 Å². The molecule has 0 amide bonds. The Morgan fingerprint density at radius 3 is 1.23 bits per heavy atom. The fourth-order valence-electron chi connectivity index (χ4n) is 6.75. The van der Waals surface area contributed by atoms with Gasteiger partial charge in [-0.15, -0.1) is 0 Å². The van der Waals surface area contributed by atoms with Gasteiger partial charge in [0.15, 0.2) is 6.10 Å². The molecule has 5 nitrogen and oxygen atoms in total. The van der Waals surface area contributed by atoms with E-state index in [2.05, 4.69) is 106 Å². The summed E-state index contributed by atoms with van der Waals surface area (Å²) < 4.78 is 17.3. The van der Waals surface area contributed by atoms with Gasteiger partial charge >= 0.3 is 11.9 Å². The molecule has 0 radical (unpaired) electrons. The summed E-state index contributed by atoms with van der Waals surface area (Å²) in [7, 11) is 0. The molecule has 0 aliphatic rings. The second-order valence-electron chi connectivity index (χ2n) is 16.3. The number of carbonyl (C=O) groups is 2. The SMILES string of the molecule is CC/C=C\C/C=C\C/C=C\C/C=C\CCCCC(=O)OC(COCCCCCCCCCCCCCC)COC(=O)CCCCCCCCC/C=C\C/C=C\C/C=C\CC. The molecule has 0 aliphatic carbocycles. The summed E-state index contributed by atoms with van der Waals surface area (Å²) in [4.78, 5) is 25.4. The van der Waals surface area contributed by atoms with Crippen molar-refractivity contribution in [3.8, 4) is 0 Å². The molecule has 0 rings (SSSR count). The van der Waals surface area contributed by atoms with E-state index in [4.69, 9.17) is 14.2 Å². The zero-order valence-corrected chi connectivity index (χ0v) is 39.5. The van der Waals surface area contributed by atoms with Crippen molar-refractivity contribution in [2.45, 2.75) is 232 Å². The van der Waals surface area contributed by atoms with Gasteiger partial charge in [-0.05, 0) is 89.9 Å². The smallest absolute Gasteiger partial charge is 0.306 e. The monoisotopic (exact) mass is 835 g/mol. The van der Waals surface area contributed by atoms with Crippen LogP contribution in [0.3, 0.4) is 0 Å². The predicted octanol–water partition coefficient (Wildman–Crippen LogP) is 16.9. The first-order valence-electron chi connectivity index (χ1n) is 25.1. The largest absolute Gasteiger partial charge is 0.462 e. The van der Waals surface area contributed by atoms with Crippen molar-refractivity contribution in [3.63, 3.8) is 0 Å². The molecule has 0 aromatic rings. The summed E-state index contributed by atoms with van der Waals surface area (Å²) in [5.41, 5.74) is 0. The zero-order chi connectivity index (χ0) is 43.5. The lowest BCUT2D eigenvalue weighted by Crippen LogP contribution is -2.30. The highest BCUT2D eigenvalue weighted by Gasteiger charge is 2.17. The van der Waals surface area contributed by atoms with E-state index >= 15 is 0 Å². The van der Waals surface area contributed by atoms with Crippen LogP contribution in [0, 0.1) is 0 Å². The molecular formula is C55H94O5. The van der Waals surface area contributed by atoms with E-state index < -0.39 is 6.10 Å². The lowest BCUT2D eigenvalue weighted by atomic mass is 10.1. The summed E-state index contributed by atoms with van der Waals surface area (Å²) in [6.45, 7) is 7.55. The number of hydrogen-bond donors (Lipinski definition) is 0. The molecule has 344 valence electrons. The molecule has 0 spiro atoms. The van der Waals surface area contributed by atoms with Crippen LogP contribution < -0.4 is 0 Å².